The number of nitrogens with one attached hydrogen (secondary N) is 1. The third-order valence-electron chi connectivity index (χ3n) is 4.84. The molecule has 3 aromatic rings. The Bertz CT molecular complexity index is 1030. The van der Waals surface area contributed by atoms with Crippen molar-refractivity contribution in [1.29, 1.82) is 0 Å². The zero-order valence-electron chi connectivity index (χ0n) is 16.7. The van der Waals surface area contributed by atoms with E-state index in [-0.39, 0.29) is 12.6 Å². The number of fused-ring (bicyclic) bond motifs is 1. The van der Waals surface area contributed by atoms with Crippen molar-refractivity contribution in [3.63, 3.8) is 0 Å². The molecule has 10 heteroatoms. The number of anilines is 1. The third-order valence-corrected chi connectivity index (χ3v) is 4.84. The van der Waals surface area contributed by atoms with Crippen LogP contribution in [0.4, 0.5) is 5.82 Å². The van der Waals surface area contributed by atoms with Gasteiger partial charge >= 0.3 is 12.0 Å². The molecule has 10 nitrogen and oxygen atoms in total. The summed E-state index contributed by atoms with van der Waals surface area (Å²) in [6.45, 7) is 1.39. The molecule has 1 saturated heterocycles. The number of aromatic nitrogens is 4. The van der Waals surface area contributed by atoms with Crippen LogP contribution in [0.5, 0.6) is 6.01 Å². The molecule has 0 saturated carbocycles. The first-order valence-corrected chi connectivity index (χ1v) is 9.61. The highest BCUT2D eigenvalue weighted by molar-refractivity contribution is 5.83. The molecular formula is C20H23N5O5. The zero-order chi connectivity index (χ0) is 21.1. The molecule has 0 amide bonds. The molecule has 0 radical (unpaired) electrons. The van der Waals surface area contributed by atoms with Gasteiger partial charge in [0.2, 0.25) is 0 Å². The highest BCUT2D eigenvalue weighted by Crippen LogP contribution is 2.34. The summed E-state index contributed by atoms with van der Waals surface area (Å²) in [4.78, 5) is 24.7. The van der Waals surface area contributed by atoms with Gasteiger partial charge < -0.3 is 24.6 Å². The number of rotatable bonds is 7. The summed E-state index contributed by atoms with van der Waals surface area (Å²) < 4.78 is 18.7. The van der Waals surface area contributed by atoms with Gasteiger partial charge in [-0.3, -0.25) is 9.36 Å². The SMILES string of the molecule is CNc1nc(OCc2ccccc2)nc2c1ncn2[C@H]1C[C@@H](OC(C)=O)[C@@H](CO)O1. The smallest absolute Gasteiger partial charge is 0.320 e. The van der Waals surface area contributed by atoms with E-state index >= 15 is 0 Å². The number of carbonyl (C=O) groups is 1. The number of ether oxygens (including phenoxy) is 3. The molecule has 0 aliphatic carbocycles. The highest BCUT2D eigenvalue weighted by atomic mass is 16.6. The van der Waals surface area contributed by atoms with Crippen molar-refractivity contribution in [2.45, 2.75) is 38.4 Å². The third kappa shape index (κ3) is 4.05. The minimum Gasteiger partial charge on any atom is -0.460 e. The van der Waals surface area contributed by atoms with Crippen LogP contribution in [0.25, 0.3) is 11.2 Å². The molecule has 1 aromatic carbocycles. The molecule has 30 heavy (non-hydrogen) atoms. The topological polar surface area (TPSA) is 121 Å². The van der Waals surface area contributed by atoms with E-state index in [1.807, 2.05) is 30.3 Å². The van der Waals surface area contributed by atoms with E-state index in [9.17, 15) is 9.90 Å². The molecule has 0 bridgehead atoms. The maximum Gasteiger partial charge on any atom is 0.320 e. The fraction of sp³-hybridized carbons (Fsp3) is 0.400. The number of carbonyl (C=O) groups excluding carboxylic acids is 1. The van der Waals surface area contributed by atoms with Gasteiger partial charge in [0.25, 0.3) is 0 Å². The average molecular weight is 413 g/mol. The Balaban J connectivity index is 1.62. The molecule has 0 unspecified atom stereocenters. The van der Waals surface area contributed by atoms with Crippen LogP contribution in [-0.2, 0) is 20.9 Å². The van der Waals surface area contributed by atoms with Crippen molar-refractivity contribution >= 4 is 23.0 Å². The van der Waals surface area contributed by atoms with Gasteiger partial charge in [0.05, 0.1) is 12.9 Å². The molecule has 2 aromatic heterocycles. The number of esters is 1. The Morgan fingerprint density at radius 3 is 2.83 bits per heavy atom. The Kier molecular flexibility index (Phi) is 5.77. The van der Waals surface area contributed by atoms with Crippen molar-refractivity contribution < 1.29 is 24.1 Å². The lowest BCUT2D eigenvalue weighted by Crippen LogP contribution is -2.29. The molecule has 0 spiro atoms. The highest BCUT2D eigenvalue weighted by Gasteiger charge is 2.39. The summed E-state index contributed by atoms with van der Waals surface area (Å²) in [6, 6.07) is 9.92. The summed E-state index contributed by atoms with van der Waals surface area (Å²) in [6.07, 6.45) is 0.300. The van der Waals surface area contributed by atoms with E-state index in [4.69, 9.17) is 14.2 Å². The van der Waals surface area contributed by atoms with E-state index in [1.54, 1.807) is 17.9 Å². The Labute approximate surface area is 172 Å². The summed E-state index contributed by atoms with van der Waals surface area (Å²) in [5, 5.41) is 12.6. The number of aliphatic hydroxyl groups excluding tert-OH is 1. The van der Waals surface area contributed by atoms with Gasteiger partial charge in [0, 0.05) is 20.4 Å². The Morgan fingerprint density at radius 2 is 2.13 bits per heavy atom. The van der Waals surface area contributed by atoms with Crippen molar-refractivity contribution in [2.75, 3.05) is 19.0 Å². The van der Waals surface area contributed by atoms with Crippen LogP contribution in [0.15, 0.2) is 36.7 Å². The van der Waals surface area contributed by atoms with Crippen LogP contribution in [0.2, 0.25) is 0 Å². The van der Waals surface area contributed by atoms with Crippen LogP contribution in [0.3, 0.4) is 0 Å². The number of aliphatic hydroxyl groups is 1. The number of hydrogen-bond acceptors (Lipinski definition) is 9. The summed E-state index contributed by atoms with van der Waals surface area (Å²) >= 11 is 0. The standard InChI is InChI=1S/C20H23N5O5/c1-12(27)29-14-8-16(30-15(14)9-26)25-11-22-17-18(21-2)23-20(24-19(17)25)28-10-13-6-4-3-5-7-13/h3-7,11,14-16,26H,8-10H2,1-2H3,(H,21,23,24)/t14-,15-,16-/m1/s1. The molecule has 3 heterocycles. The number of nitrogens with zero attached hydrogens (tertiary/aromatic N) is 4. The van der Waals surface area contributed by atoms with Crippen molar-refractivity contribution in [2.24, 2.45) is 0 Å². The Hall–Kier alpha value is -3.24. The van der Waals surface area contributed by atoms with Gasteiger partial charge in [-0.15, -0.1) is 0 Å². The lowest BCUT2D eigenvalue weighted by Gasteiger charge is -2.15. The minimum absolute atomic E-state index is 0.200. The molecule has 2 N–H and O–H groups in total. The molecule has 1 fully saturated rings. The largest absolute Gasteiger partial charge is 0.460 e. The minimum atomic E-state index is -0.615. The number of benzene rings is 1. The molecule has 158 valence electrons. The molecule has 3 atom stereocenters. The molecular weight excluding hydrogens is 390 g/mol. The van der Waals surface area contributed by atoms with E-state index in [0.717, 1.165) is 5.56 Å². The van der Waals surface area contributed by atoms with E-state index in [0.29, 0.717) is 30.0 Å². The van der Waals surface area contributed by atoms with Crippen molar-refractivity contribution in [1.82, 2.24) is 19.5 Å². The van der Waals surface area contributed by atoms with Gasteiger partial charge in [-0.05, 0) is 5.56 Å². The first-order chi connectivity index (χ1) is 14.6. The van der Waals surface area contributed by atoms with E-state index in [2.05, 4.69) is 20.3 Å². The zero-order valence-corrected chi connectivity index (χ0v) is 16.7. The summed E-state index contributed by atoms with van der Waals surface area (Å²) in [5.41, 5.74) is 2.07. The molecule has 4 rings (SSSR count). The van der Waals surface area contributed by atoms with Crippen LogP contribution in [0, 0.1) is 0 Å². The second kappa shape index (κ2) is 8.64. The fourth-order valence-corrected chi connectivity index (χ4v) is 3.44. The van der Waals surface area contributed by atoms with Gasteiger partial charge in [-0.25, -0.2) is 4.98 Å². The molecule has 1 aliphatic heterocycles. The maximum atomic E-state index is 11.4. The van der Waals surface area contributed by atoms with Crippen LogP contribution >= 0.6 is 0 Å². The van der Waals surface area contributed by atoms with Gasteiger partial charge in [0.1, 0.15) is 25.0 Å². The van der Waals surface area contributed by atoms with Gasteiger partial charge in [0.15, 0.2) is 17.0 Å². The quantitative estimate of drug-likeness (QED) is 0.557. The lowest BCUT2D eigenvalue weighted by molar-refractivity contribution is -0.150. The average Bonchev–Trinajstić information content (AvgIpc) is 3.35. The van der Waals surface area contributed by atoms with E-state index in [1.165, 1.54) is 6.92 Å². The van der Waals surface area contributed by atoms with Crippen molar-refractivity contribution in [3.05, 3.63) is 42.2 Å². The second-order valence-corrected chi connectivity index (χ2v) is 6.90. The first-order valence-electron chi connectivity index (χ1n) is 9.61. The number of imidazole rings is 1. The molecule has 1 aliphatic rings. The summed E-state index contributed by atoms with van der Waals surface area (Å²) in [7, 11) is 1.74. The van der Waals surface area contributed by atoms with E-state index < -0.39 is 24.4 Å². The van der Waals surface area contributed by atoms with Crippen molar-refractivity contribution in [3.8, 4) is 6.01 Å². The predicted molar refractivity (Wildman–Crippen MR) is 107 cm³/mol. The second-order valence-electron chi connectivity index (χ2n) is 6.90. The predicted octanol–water partition coefficient (Wildman–Crippen LogP) is 1.66. The maximum absolute atomic E-state index is 11.4. The van der Waals surface area contributed by atoms with Gasteiger partial charge in [-0.1, -0.05) is 30.3 Å². The lowest BCUT2D eigenvalue weighted by atomic mass is 10.2. The van der Waals surface area contributed by atoms with Crippen LogP contribution in [-0.4, -0.2) is 56.5 Å². The van der Waals surface area contributed by atoms with Crippen LogP contribution < -0.4 is 10.1 Å². The normalized spacial score (nSPS) is 21.0. The first kappa shape index (κ1) is 20.0. The monoisotopic (exact) mass is 413 g/mol. The fourth-order valence-electron chi connectivity index (χ4n) is 3.44. The van der Waals surface area contributed by atoms with Crippen LogP contribution in [0.1, 0.15) is 25.1 Å². The summed E-state index contributed by atoms with van der Waals surface area (Å²) in [5.74, 6) is 0.102. The van der Waals surface area contributed by atoms with Gasteiger partial charge in [-0.2, -0.15) is 9.97 Å². The Morgan fingerprint density at radius 1 is 1.33 bits per heavy atom. The number of hydrogen-bond donors (Lipinski definition) is 2.